The quantitative estimate of drug-likeness (QED) is 0.831. The lowest BCUT2D eigenvalue weighted by Gasteiger charge is -2.22. The number of carbonyl (C=O) groups excluding carboxylic acids is 1. The van der Waals surface area contributed by atoms with Crippen molar-refractivity contribution in [3.63, 3.8) is 0 Å². The minimum atomic E-state index is -0.730. The molecular weight excluding hydrogens is 246 g/mol. The van der Waals surface area contributed by atoms with E-state index in [1.807, 2.05) is 45.0 Å². The molecule has 0 saturated carbocycles. The average Bonchev–Trinajstić information content (AvgIpc) is 2.70. The van der Waals surface area contributed by atoms with Crippen LogP contribution in [0.3, 0.4) is 0 Å². The Kier molecular flexibility index (Phi) is 3.78. The van der Waals surface area contributed by atoms with Crippen molar-refractivity contribution in [2.75, 3.05) is 6.61 Å². The first-order valence-corrected chi connectivity index (χ1v) is 6.86. The summed E-state index contributed by atoms with van der Waals surface area (Å²) in [5, 5.41) is 0.856. The highest BCUT2D eigenvalue weighted by Crippen LogP contribution is 2.23. The lowest BCUT2D eigenvalue weighted by molar-refractivity contribution is -0.139. The highest BCUT2D eigenvalue weighted by atomic mass is 32.1. The molecule has 1 aromatic heterocycles. The third kappa shape index (κ3) is 2.76. The molecule has 0 aliphatic heterocycles. The number of aromatic nitrogens is 1. The molecule has 1 heterocycles. The maximum absolute atomic E-state index is 12.1. The number of hydrogen-bond acceptors (Lipinski definition) is 4. The first-order chi connectivity index (χ1) is 8.53. The number of fused-ring (bicyclic) bond motifs is 1. The van der Waals surface area contributed by atoms with Crippen LogP contribution in [0.4, 0.5) is 0 Å². The minimum Gasteiger partial charge on any atom is -0.368 e. The van der Waals surface area contributed by atoms with Gasteiger partial charge in [0.05, 0.1) is 16.6 Å². The summed E-state index contributed by atoms with van der Waals surface area (Å²) in [4.78, 5) is 16.6. The van der Waals surface area contributed by atoms with E-state index in [0.29, 0.717) is 13.0 Å². The summed E-state index contributed by atoms with van der Waals surface area (Å²) in [6, 6.07) is 7.93. The number of Topliss-reactive ketones (excluding diaryl/α,β-unsaturated/α-hetero) is 1. The fourth-order valence-corrected chi connectivity index (χ4v) is 2.75. The predicted octanol–water partition coefficient (Wildman–Crippen LogP) is 3.22. The zero-order valence-corrected chi connectivity index (χ0v) is 11.7. The van der Waals surface area contributed by atoms with Crippen molar-refractivity contribution < 1.29 is 9.53 Å². The smallest absolute Gasteiger partial charge is 0.170 e. The van der Waals surface area contributed by atoms with E-state index in [1.54, 1.807) is 11.3 Å². The zero-order valence-electron chi connectivity index (χ0n) is 10.9. The number of rotatable bonds is 5. The number of benzene rings is 1. The molecule has 0 N–H and O–H groups in total. The summed E-state index contributed by atoms with van der Waals surface area (Å²) in [7, 11) is 0. The molecule has 3 nitrogen and oxygen atoms in total. The third-order valence-corrected chi connectivity index (χ3v) is 3.86. The summed E-state index contributed by atoms with van der Waals surface area (Å²) in [5.74, 6) is 0.0726. The predicted molar refractivity (Wildman–Crippen MR) is 74.0 cm³/mol. The Morgan fingerprint density at radius 3 is 2.78 bits per heavy atom. The molecule has 18 heavy (non-hydrogen) atoms. The highest BCUT2D eigenvalue weighted by molar-refractivity contribution is 7.18. The molecule has 0 radical (unpaired) electrons. The highest BCUT2D eigenvalue weighted by Gasteiger charge is 2.28. The van der Waals surface area contributed by atoms with E-state index in [2.05, 4.69) is 4.98 Å². The molecule has 0 saturated heterocycles. The van der Waals surface area contributed by atoms with E-state index < -0.39 is 5.60 Å². The van der Waals surface area contributed by atoms with Gasteiger partial charge in [0.25, 0.3) is 0 Å². The Labute approximate surface area is 111 Å². The first-order valence-electron chi connectivity index (χ1n) is 6.04. The lowest BCUT2D eigenvalue weighted by atomic mass is 10.0. The van der Waals surface area contributed by atoms with Crippen molar-refractivity contribution in [1.82, 2.24) is 4.98 Å². The molecule has 0 fully saturated rings. The van der Waals surface area contributed by atoms with Crippen molar-refractivity contribution in [2.24, 2.45) is 0 Å². The second-order valence-corrected chi connectivity index (χ2v) is 5.73. The summed E-state index contributed by atoms with van der Waals surface area (Å²) in [5.41, 5.74) is 0.228. The van der Waals surface area contributed by atoms with Gasteiger partial charge in [-0.25, -0.2) is 4.98 Å². The fraction of sp³-hybridized carbons (Fsp3) is 0.429. The van der Waals surface area contributed by atoms with Gasteiger partial charge in [0.2, 0.25) is 0 Å². The van der Waals surface area contributed by atoms with E-state index in [1.165, 1.54) is 0 Å². The average molecular weight is 263 g/mol. The molecule has 0 amide bonds. The maximum atomic E-state index is 12.1. The van der Waals surface area contributed by atoms with Crippen molar-refractivity contribution in [3.05, 3.63) is 29.3 Å². The molecule has 2 aromatic rings. The number of nitrogens with zero attached hydrogens (tertiary/aromatic N) is 1. The molecule has 96 valence electrons. The van der Waals surface area contributed by atoms with Crippen LogP contribution in [0.2, 0.25) is 0 Å². The van der Waals surface area contributed by atoms with Gasteiger partial charge >= 0.3 is 0 Å². The molecule has 1 aromatic carbocycles. The van der Waals surface area contributed by atoms with E-state index in [4.69, 9.17) is 4.74 Å². The molecule has 0 bridgehead atoms. The van der Waals surface area contributed by atoms with E-state index in [0.717, 1.165) is 15.2 Å². The molecule has 0 unspecified atom stereocenters. The number of ether oxygens (including phenoxy) is 1. The maximum Gasteiger partial charge on any atom is 0.170 e. The van der Waals surface area contributed by atoms with Crippen LogP contribution in [0.15, 0.2) is 24.3 Å². The lowest BCUT2D eigenvalue weighted by Crippen LogP contribution is -2.36. The number of carbonyl (C=O) groups is 1. The summed E-state index contributed by atoms with van der Waals surface area (Å²) in [6.45, 7) is 6.06. The van der Waals surface area contributed by atoms with Crippen LogP contribution in [0, 0.1) is 0 Å². The molecule has 2 rings (SSSR count). The van der Waals surface area contributed by atoms with Crippen LogP contribution in [0.25, 0.3) is 10.2 Å². The van der Waals surface area contributed by atoms with Crippen molar-refractivity contribution in [2.45, 2.75) is 32.8 Å². The van der Waals surface area contributed by atoms with Crippen molar-refractivity contribution in [1.29, 1.82) is 0 Å². The Morgan fingerprint density at radius 2 is 2.11 bits per heavy atom. The van der Waals surface area contributed by atoms with Crippen LogP contribution >= 0.6 is 11.3 Å². The number of para-hydroxylation sites is 1. The van der Waals surface area contributed by atoms with Gasteiger partial charge in [0.1, 0.15) is 10.6 Å². The molecular formula is C14H17NO2S. The van der Waals surface area contributed by atoms with Crippen molar-refractivity contribution in [3.8, 4) is 0 Å². The normalized spacial score (nSPS) is 11.9. The van der Waals surface area contributed by atoms with Gasteiger partial charge in [0, 0.05) is 6.61 Å². The first kappa shape index (κ1) is 13.2. The third-order valence-electron chi connectivity index (χ3n) is 2.83. The van der Waals surface area contributed by atoms with Crippen LogP contribution in [-0.2, 0) is 16.0 Å². The van der Waals surface area contributed by atoms with Gasteiger partial charge in [-0.2, -0.15) is 0 Å². The Balaban J connectivity index is 2.16. The van der Waals surface area contributed by atoms with Crippen LogP contribution < -0.4 is 0 Å². The SMILES string of the molecule is CCOC(C)(C)C(=O)Cc1nc2ccccc2s1. The number of thiazole rings is 1. The Hall–Kier alpha value is -1.26. The van der Waals surface area contributed by atoms with E-state index >= 15 is 0 Å². The van der Waals surface area contributed by atoms with Gasteiger partial charge < -0.3 is 4.74 Å². The van der Waals surface area contributed by atoms with Gasteiger partial charge in [-0.3, -0.25) is 4.79 Å². The molecule has 4 heteroatoms. The van der Waals surface area contributed by atoms with Gasteiger partial charge in [-0.05, 0) is 32.9 Å². The van der Waals surface area contributed by atoms with Crippen LogP contribution in [0.1, 0.15) is 25.8 Å². The fourth-order valence-electron chi connectivity index (χ4n) is 1.79. The van der Waals surface area contributed by atoms with E-state index in [-0.39, 0.29) is 5.78 Å². The van der Waals surface area contributed by atoms with Gasteiger partial charge in [-0.1, -0.05) is 12.1 Å². The zero-order chi connectivity index (χ0) is 13.2. The number of ketones is 1. The number of hydrogen-bond donors (Lipinski definition) is 0. The Bertz CT molecular complexity index is 527. The van der Waals surface area contributed by atoms with Crippen LogP contribution in [-0.4, -0.2) is 23.0 Å². The molecule has 0 atom stereocenters. The summed E-state index contributed by atoms with van der Waals surface area (Å²) >= 11 is 1.57. The second-order valence-electron chi connectivity index (χ2n) is 4.62. The van der Waals surface area contributed by atoms with Crippen molar-refractivity contribution >= 4 is 27.3 Å². The molecule has 0 aliphatic carbocycles. The monoisotopic (exact) mass is 263 g/mol. The minimum absolute atomic E-state index is 0.0726. The van der Waals surface area contributed by atoms with Crippen LogP contribution in [0.5, 0.6) is 0 Å². The van der Waals surface area contributed by atoms with Gasteiger partial charge in [0.15, 0.2) is 5.78 Å². The summed E-state index contributed by atoms with van der Waals surface area (Å²) in [6.07, 6.45) is 0.340. The largest absolute Gasteiger partial charge is 0.368 e. The standard InChI is InChI=1S/C14H17NO2S/c1-4-17-14(2,3)12(16)9-13-15-10-7-5-6-8-11(10)18-13/h5-8H,4,9H2,1-3H3. The van der Waals surface area contributed by atoms with Gasteiger partial charge in [-0.15, -0.1) is 11.3 Å². The van der Waals surface area contributed by atoms with E-state index in [9.17, 15) is 4.79 Å². The second kappa shape index (κ2) is 5.16. The molecule has 0 spiro atoms. The molecule has 0 aliphatic rings. The Morgan fingerprint density at radius 1 is 1.39 bits per heavy atom. The topological polar surface area (TPSA) is 39.2 Å². The summed E-state index contributed by atoms with van der Waals surface area (Å²) < 4.78 is 6.58.